The lowest BCUT2D eigenvalue weighted by Crippen LogP contribution is -2.56. The summed E-state index contributed by atoms with van der Waals surface area (Å²) in [4.78, 5) is 19.4. The minimum absolute atomic E-state index is 0.128. The Morgan fingerprint density at radius 2 is 1.92 bits per heavy atom. The number of imidazole rings is 1. The number of anilines is 1. The van der Waals surface area contributed by atoms with Gasteiger partial charge in [0.05, 0.1) is 6.33 Å². The van der Waals surface area contributed by atoms with Crippen molar-refractivity contribution in [3.63, 3.8) is 0 Å². The number of hydrogen-bond acceptors (Lipinski definition) is 5. The van der Waals surface area contributed by atoms with E-state index in [1.165, 1.54) is 16.1 Å². The minimum atomic E-state index is -4.65. The molecule has 0 aromatic carbocycles. The topological polar surface area (TPSA) is 81.8 Å². The lowest BCUT2D eigenvalue weighted by molar-refractivity contribution is -0.272. The summed E-state index contributed by atoms with van der Waals surface area (Å²) in [5.41, 5.74) is -2.32. The Bertz CT molecular complexity index is 667. The van der Waals surface area contributed by atoms with Crippen LogP contribution in [0.15, 0.2) is 6.33 Å². The van der Waals surface area contributed by atoms with Gasteiger partial charge >= 0.3 is 6.18 Å². The number of alkyl halides is 3. The number of halogens is 3. The standard InChI is InChI=1S/C15H21F3N4O3/c1-20-8-19-11-10(20)12(23)22(13(24)21(11)2)7-9-3-5-14(25,6-4-9)15(16,17)18/h8-9,13,24-25H,3-7H2,1-2H3/t9-,13?,14+. The van der Waals surface area contributed by atoms with E-state index in [1.807, 2.05) is 0 Å². The van der Waals surface area contributed by atoms with Gasteiger partial charge in [-0.15, -0.1) is 0 Å². The van der Waals surface area contributed by atoms with Crippen molar-refractivity contribution in [1.29, 1.82) is 0 Å². The molecule has 0 spiro atoms. The third-order valence-corrected chi connectivity index (χ3v) is 5.26. The number of aliphatic hydroxyl groups is 2. The van der Waals surface area contributed by atoms with Crippen LogP contribution in [-0.2, 0) is 7.05 Å². The summed E-state index contributed by atoms with van der Waals surface area (Å²) in [5, 5.41) is 20.1. The highest BCUT2D eigenvalue weighted by molar-refractivity contribution is 5.99. The third-order valence-electron chi connectivity index (χ3n) is 5.26. The lowest BCUT2D eigenvalue weighted by atomic mass is 9.78. The van der Waals surface area contributed by atoms with Gasteiger partial charge in [0.2, 0.25) is 6.35 Å². The number of nitrogens with zero attached hydrogens (tertiary/aromatic N) is 4. The normalized spacial score (nSPS) is 30.6. The molecule has 0 radical (unpaired) electrons. The Balaban J connectivity index is 1.72. The fraction of sp³-hybridized carbons (Fsp3) is 0.733. The van der Waals surface area contributed by atoms with Crippen molar-refractivity contribution in [3.05, 3.63) is 12.0 Å². The summed E-state index contributed by atoms with van der Waals surface area (Å²) in [6.45, 7) is 0.128. The number of carbonyl (C=O) groups excluding carboxylic acids is 1. The van der Waals surface area contributed by atoms with Gasteiger partial charge < -0.3 is 19.7 Å². The van der Waals surface area contributed by atoms with E-state index in [4.69, 9.17) is 0 Å². The SMILES string of the molecule is CN1c2ncn(C)c2C(=O)N(C[C@H]2CC[C@](O)(C(F)(F)F)CC2)C1O. The molecule has 1 aromatic heterocycles. The zero-order chi connectivity index (χ0) is 18.6. The quantitative estimate of drug-likeness (QED) is 0.823. The molecule has 1 fully saturated rings. The summed E-state index contributed by atoms with van der Waals surface area (Å²) in [5.74, 6) is -0.256. The van der Waals surface area contributed by atoms with Crippen LogP contribution >= 0.6 is 0 Å². The molecule has 10 heteroatoms. The van der Waals surface area contributed by atoms with Gasteiger partial charge in [0.15, 0.2) is 17.1 Å². The van der Waals surface area contributed by atoms with E-state index in [1.54, 1.807) is 18.7 Å². The first kappa shape index (κ1) is 18.0. The van der Waals surface area contributed by atoms with Gasteiger partial charge in [-0.1, -0.05) is 0 Å². The maximum absolute atomic E-state index is 12.9. The smallest absolute Gasteiger partial charge is 0.380 e. The van der Waals surface area contributed by atoms with Gasteiger partial charge in [0.1, 0.15) is 0 Å². The van der Waals surface area contributed by atoms with Crippen LogP contribution < -0.4 is 4.90 Å². The molecule has 0 bridgehead atoms. The number of aromatic nitrogens is 2. The van der Waals surface area contributed by atoms with Crippen LogP contribution in [0, 0.1) is 5.92 Å². The molecule has 1 unspecified atom stereocenters. The maximum atomic E-state index is 12.9. The van der Waals surface area contributed by atoms with E-state index < -0.39 is 36.9 Å². The Labute approximate surface area is 142 Å². The number of aliphatic hydroxyl groups excluding tert-OH is 1. The zero-order valence-corrected chi connectivity index (χ0v) is 14.0. The summed E-state index contributed by atoms with van der Waals surface area (Å²) in [7, 11) is 3.26. The van der Waals surface area contributed by atoms with Crippen LogP contribution in [-0.4, -0.2) is 62.3 Å². The van der Waals surface area contributed by atoms with Crippen molar-refractivity contribution in [2.75, 3.05) is 18.5 Å². The summed E-state index contributed by atoms with van der Waals surface area (Å²) in [6.07, 6.45) is -4.93. The first-order valence-electron chi connectivity index (χ1n) is 8.07. The molecular weight excluding hydrogens is 341 g/mol. The Hall–Kier alpha value is -1.81. The number of aryl methyl sites for hydroxylation is 1. The highest BCUT2D eigenvalue weighted by Crippen LogP contribution is 2.43. The Morgan fingerprint density at radius 1 is 1.32 bits per heavy atom. The molecular formula is C15H21F3N4O3. The number of hydrogen-bond donors (Lipinski definition) is 2. The summed E-state index contributed by atoms with van der Waals surface area (Å²) in [6, 6.07) is 0. The molecule has 1 aromatic rings. The third kappa shape index (κ3) is 2.86. The van der Waals surface area contributed by atoms with E-state index in [0.717, 1.165) is 0 Å². The van der Waals surface area contributed by atoms with E-state index in [2.05, 4.69) is 4.98 Å². The Kier molecular flexibility index (Phi) is 4.23. The minimum Gasteiger partial charge on any atom is -0.380 e. The molecule has 0 saturated heterocycles. The predicted octanol–water partition coefficient (Wildman–Crippen LogP) is 1.07. The van der Waals surface area contributed by atoms with Gasteiger partial charge in [-0.25, -0.2) is 4.98 Å². The molecule has 25 heavy (non-hydrogen) atoms. The highest BCUT2D eigenvalue weighted by atomic mass is 19.4. The summed E-state index contributed by atoms with van der Waals surface area (Å²) >= 11 is 0. The average molecular weight is 362 g/mol. The fourth-order valence-corrected chi connectivity index (χ4v) is 3.56. The first-order valence-corrected chi connectivity index (χ1v) is 8.07. The van der Waals surface area contributed by atoms with Gasteiger partial charge in [-0.2, -0.15) is 13.2 Å². The number of rotatable bonds is 2. The number of fused-ring (bicyclic) bond motifs is 1. The fourth-order valence-electron chi connectivity index (χ4n) is 3.56. The molecule has 140 valence electrons. The van der Waals surface area contributed by atoms with Crippen LogP contribution in [0.2, 0.25) is 0 Å². The lowest BCUT2D eigenvalue weighted by Gasteiger charge is -2.42. The summed E-state index contributed by atoms with van der Waals surface area (Å²) < 4.78 is 40.2. The molecule has 1 aliphatic heterocycles. The van der Waals surface area contributed by atoms with Crippen LogP contribution in [0.5, 0.6) is 0 Å². The second-order valence-electron chi connectivity index (χ2n) is 6.92. The van der Waals surface area contributed by atoms with Crippen molar-refractivity contribution < 1.29 is 28.2 Å². The van der Waals surface area contributed by atoms with Crippen molar-refractivity contribution in [1.82, 2.24) is 14.5 Å². The van der Waals surface area contributed by atoms with Gasteiger partial charge in [-0.3, -0.25) is 9.69 Å². The van der Waals surface area contributed by atoms with Crippen molar-refractivity contribution in [2.24, 2.45) is 13.0 Å². The van der Waals surface area contributed by atoms with Crippen LogP contribution in [0.4, 0.5) is 19.0 Å². The van der Waals surface area contributed by atoms with Gasteiger partial charge in [0.25, 0.3) is 5.91 Å². The molecule has 7 nitrogen and oxygen atoms in total. The molecule has 2 heterocycles. The van der Waals surface area contributed by atoms with Gasteiger partial charge in [0, 0.05) is 20.6 Å². The second kappa shape index (κ2) is 5.87. The van der Waals surface area contributed by atoms with Crippen molar-refractivity contribution in [2.45, 2.75) is 43.8 Å². The molecule has 1 saturated carbocycles. The van der Waals surface area contributed by atoms with Crippen LogP contribution in [0.1, 0.15) is 36.2 Å². The molecule has 1 atom stereocenters. The van der Waals surface area contributed by atoms with E-state index in [0.29, 0.717) is 11.5 Å². The van der Waals surface area contributed by atoms with Gasteiger partial charge in [-0.05, 0) is 31.6 Å². The maximum Gasteiger partial charge on any atom is 0.417 e. The van der Waals surface area contributed by atoms with Crippen molar-refractivity contribution in [3.8, 4) is 0 Å². The van der Waals surface area contributed by atoms with E-state index >= 15 is 0 Å². The van der Waals surface area contributed by atoms with Crippen molar-refractivity contribution >= 4 is 11.7 Å². The van der Waals surface area contributed by atoms with E-state index in [-0.39, 0.29) is 25.3 Å². The van der Waals surface area contributed by atoms with Crippen LogP contribution in [0.25, 0.3) is 0 Å². The monoisotopic (exact) mass is 362 g/mol. The molecule has 2 aliphatic rings. The second-order valence-corrected chi connectivity index (χ2v) is 6.92. The molecule has 1 aliphatic carbocycles. The molecule has 3 rings (SSSR count). The average Bonchev–Trinajstić information content (AvgIpc) is 2.92. The number of carbonyl (C=O) groups is 1. The number of amides is 1. The highest BCUT2D eigenvalue weighted by Gasteiger charge is 2.55. The molecule has 1 amide bonds. The zero-order valence-electron chi connectivity index (χ0n) is 14.0. The first-order chi connectivity index (χ1) is 11.5. The predicted molar refractivity (Wildman–Crippen MR) is 81.6 cm³/mol. The Morgan fingerprint density at radius 3 is 2.48 bits per heavy atom. The molecule has 2 N–H and O–H groups in total. The largest absolute Gasteiger partial charge is 0.417 e. The van der Waals surface area contributed by atoms with Crippen LogP contribution in [0.3, 0.4) is 0 Å². The van der Waals surface area contributed by atoms with E-state index in [9.17, 15) is 28.2 Å².